The van der Waals surface area contributed by atoms with Crippen LogP contribution in [0.2, 0.25) is 0 Å². The Morgan fingerprint density at radius 1 is 1.00 bits per heavy atom. The Kier molecular flexibility index (Phi) is 4.66. The second-order valence-electron chi connectivity index (χ2n) is 7.12. The molecule has 0 aliphatic carbocycles. The van der Waals surface area contributed by atoms with Crippen molar-refractivity contribution in [1.82, 2.24) is 14.4 Å². The van der Waals surface area contributed by atoms with Gasteiger partial charge in [0, 0.05) is 60.2 Å². The largest absolute Gasteiger partial charge is 0.341 e. The van der Waals surface area contributed by atoms with Crippen molar-refractivity contribution in [3.05, 3.63) is 42.5 Å². The molecule has 136 valence electrons. The highest BCUT2D eigenvalue weighted by molar-refractivity contribution is 6.09. The number of amides is 1. The average Bonchev–Trinajstić information content (AvgIpc) is 2.97. The first-order valence-corrected chi connectivity index (χ1v) is 9.37. The van der Waals surface area contributed by atoms with Gasteiger partial charge in [0.1, 0.15) is 0 Å². The number of benzene rings is 2. The van der Waals surface area contributed by atoms with Crippen molar-refractivity contribution in [2.45, 2.75) is 13.5 Å². The quantitative estimate of drug-likeness (QED) is 0.786. The number of aromatic nitrogens is 1. The number of aryl methyl sites for hydroxylation is 1. The summed E-state index contributed by atoms with van der Waals surface area (Å²) in [5, 5.41) is 5.51. The van der Waals surface area contributed by atoms with E-state index in [2.05, 4.69) is 70.1 Å². The number of piperazine rings is 1. The van der Waals surface area contributed by atoms with Crippen molar-refractivity contribution in [3.63, 3.8) is 0 Å². The smallest absolute Gasteiger partial charge is 0.238 e. The van der Waals surface area contributed by atoms with Crippen molar-refractivity contribution in [3.8, 4) is 0 Å². The van der Waals surface area contributed by atoms with Crippen molar-refractivity contribution >= 4 is 33.4 Å². The highest BCUT2D eigenvalue weighted by atomic mass is 16.2. The number of carbonyl (C=O) groups excluding carboxylic acids is 1. The minimum atomic E-state index is 0.0631. The van der Waals surface area contributed by atoms with Gasteiger partial charge in [-0.2, -0.15) is 0 Å². The number of likely N-dealkylation sites (N-methyl/N-ethyl adjacent to an activating group) is 1. The Hall–Kier alpha value is -2.37. The molecule has 5 heteroatoms. The normalized spacial score (nSPS) is 16.4. The maximum absolute atomic E-state index is 12.5. The second-order valence-corrected chi connectivity index (χ2v) is 7.12. The van der Waals surface area contributed by atoms with E-state index in [4.69, 9.17) is 0 Å². The number of para-hydroxylation sites is 1. The molecule has 1 fully saturated rings. The maximum atomic E-state index is 12.5. The first-order chi connectivity index (χ1) is 12.7. The highest BCUT2D eigenvalue weighted by Crippen LogP contribution is 2.30. The molecule has 1 N–H and O–H groups in total. The van der Waals surface area contributed by atoms with Gasteiger partial charge in [0.25, 0.3) is 0 Å². The zero-order valence-electron chi connectivity index (χ0n) is 15.5. The van der Waals surface area contributed by atoms with E-state index in [0.29, 0.717) is 6.54 Å². The molecular weight excluding hydrogens is 324 g/mol. The molecule has 2 aromatic carbocycles. The Morgan fingerprint density at radius 2 is 1.73 bits per heavy atom. The van der Waals surface area contributed by atoms with E-state index in [9.17, 15) is 4.79 Å². The first kappa shape index (κ1) is 17.1. The van der Waals surface area contributed by atoms with Crippen molar-refractivity contribution < 1.29 is 4.79 Å². The number of hydrogen-bond donors (Lipinski definition) is 1. The molecule has 0 spiro atoms. The zero-order chi connectivity index (χ0) is 18.1. The van der Waals surface area contributed by atoms with E-state index in [1.54, 1.807) is 0 Å². The Bertz CT molecular complexity index is 938. The predicted octanol–water partition coefficient (Wildman–Crippen LogP) is 3.00. The van der Waals surface area contributed by atoms with Gasteiger partial charge < -0.3 is 14.8 Å². The molecule has 4 rings (SSSR count). The first-order valence-electron chi connectivity index (χ1n) is 9.37. The number of fused-ring (bicyclic) bond motifs is 3. The fourth-order valence-electron chi connectivity index (χ4n) is 3.88. The topological polar surface area (TPSA) is 40.5 Å². The third-order valence-corrected chi connectivity index (χ3v) is 5.34. The lowest BCUT2D eigenvalue weighted by molar-refractivity contribution is -0.117. The van der Waals surface area contributed by atoms with Crippen molar-refractivity contribution in [1.29, 1.82) is 0 Å². The van der Waals surface area contributed by atoms with E-state index in [1.165, 1.54) is 21.8 Å². The zero-order valence-corrected chi connectivity index (χ0v) is 15.5. The fraction of sp³-hybridized carbons (Fsp3) is 0.381. The van der Waals surface area contributed by atoms with Crippen LogP contribution in [0.4, 0.5) is 5.69 Å². The average molecular weight is 350 g/mol. The molecule has 0 saturated carbocycles. The van der Waals surface area contributed by atoms with Crippen LogP contribution < -0.4 is 5.32 Å². The standard InChI is InChI=1S/C21H26N4O/c1-3-25-19-7-5-4-6-17(19)18-14-16(8-9-20(18)25)22-21(26)15-24-12-10-23(2)11-13-24/h4-9,14H,3,10-13,15H2,1-2H3,(H,22,26). The van der Waals surface area contributed by atoms with Crippen LogP contribution in [-0.4, -0.2) is 60.0 Å². The number of rotatable bonds is 4. The molecular formula is C21H26N4O. The molecule has 26 heavy (non-hydrogen) atoms. The Labute approximate surface area is 154 Å². The second kappa shape index (κ2) is 7.09. The van der Waals surface area contributed by atoms with Crippen LogP contribution in [0.15, 0.2) is 42.5 Å². The molecule has 1 aliphatic rings. The summed E-state index contributed by atoms with van der Waals surface area (Å²) in [4.78, 5) is 17.0. The van der Waals surface area contributed by atoms with Gasteiger partial charge in [0.2, 0.25) is 5.91 Å². The van der Waals surface area contributed by atoms with Crippen LogP contribution in [0, 0.1) is 0 Å². The molecule has 1 aromatic heterocycles. The van der Waals surface area contributed by atoms with Crippen molar-refractivity contribution in [2.24, 2.45) is 0 Å². The monoisotopic (exact) mass is 350 g/mol. The Balaban J connectivity index is 1.56. The van der Waals surface area contributed by atoms with Crippen LogP contribution >= 0.6 is 0 Å². The lowest BCUT2D eigenvalue weighted by Crippen LogP contribution is -2.47. The van der Waals surface area contributed by atoms with Gasteiger partial charge in [-0.05, 0) is 38.2 Å². The van der Waals surface area contributed by atoms with Gasteiger partial charge in [-0.3, -0.25) is 9.69 Å². The van der Waals surface area contributed by atoms with Crippen molar-refractivity contribution in [2.75, 3.05) is 45.1 Å². The van der Waals surface area contributed by atoms with E-state index >= 15 is 0 Å². The fourth-order valence-corrected chi connectivity index (χ4v) is 3.88. The molecule has 1 saturated heterocycles. The summed E-state index contributed by atoms with van der Waals surface area (Å²) in [6.07, 6.45) is 0. The number of nitrogens with one attached hydrogen (secondary N) is 1. The SMILES string of the molecule is CCn1c2ccccc2c2cc(NC(=O)CN3CCN(C)CC3)ccc21. The maximum Gasteiger partial charge on any atom is 0.238 e. The number of nitrogens with zero attached hydrogens (tertiary/aromatic N) is 3. The van der Waals surface area contributed by atoms with E-state index in [1.807, 2.05) is 6.07 Å². The van der Waals surface area contributed by atoms with Crippen LogP contribution in [0.25, 0.3) is 21.8 Å². The molecule has 0 radical (unpaired) electrons. The summed E-state index contributed by atoms with van der Waals surface area (Å²) >= 11 is 0. The number of hydrogen-bond acceptors (Lipinski definition) is 3. The van der Waals surface area contributed by atoms with Crippen LogP contribution in [-0.2, 0) is 11.3 Å². The highest BCUT2D eigenvalue weighted by Gasteiger charge is 2.17. The summed E-state index contributed by atoms with van der Waals surface area (Å²) in [5.41, 5.74) is 3.33. The van der Waals surface area contributed by atoms with Gasteiger partial charge in [0.05, 0.1) is 6.54 Å². The van der Waals surface area contributed by atoms with Crippen LogP contribution in [0.5, 0.6) is 0 Å². The van der Waals surface area contributed by atoms with Gasteiger partial charge in [-0.15, -0.1) is 0 Å². The van der Waals surface area contributed by atoms with Crippen LogP contribution in [0.3, 0.4) is 0 Å². The van der Waals surface area contributed by atoms with Gasteiger partial charge in [-0.1, -0.05) is 18.2 Å². The third-order valence-electron chi connectivity index (χ3n) is 5.34. The third kappa shape index (κ3) is 3.20. The van der Waals surface area contributed by atoms with E-state index < -0.39 is 0 Å². The summed E-state index contributed by atoms with van der Waals surface area (Å²) in [7, 11) is 2.12. The minimum absolute atomic E-state index is 0.0631. The molecule has 2 heterocycles. The molecule has 5 nitrogen and oxygen atoms in total. The van der Waals surface area contributed by atoms with Gasteiger partial charge >= 0.3 is 0 Å². The Morgan fingerprint density at radius 3 is 2.50 bits per heavy atom. The molecule has 0 bridgehead atoms. The van der Waals surface area contributed by atoms with Gasteiger partial charge in [0.15, 0.2) is 0 Å². The van der Waals surface area contributed by atoms with Crippen LogP contribution in [0.1, 0.15) is 6.92 Å². The predicted molar refractivity (Wildman–Crippen MR) is 108 cm³/mol. The number of anilines is 1. The summed E-state index contributed by atoms with van der Waals surface area (Å²) in [6, 6.07) is 14.7. The molecule has 0 unspecified atom stereocenters. The molecule has 1 amide bonds. The lowest BCUT2D eigenvalue weighted by atomic mass is 10.1. The minimum Gasteiger partial charge on any atom is -0.341 e. The molecule has 1 aliphatic heterocycles. The van der Waals surface area contributed by atoms with E-state index in [0.717, 1.165) is 38.4 Å². The summed E-state index contributed by atoms with van der Waals surface area (Å²) in [5.74, 6) is 0.0631. The summed E-state index contributed by atoms with van der Waals surface area (Å²) < 4.78 is 2.32. The number of carbonyl (C=O) groups is 1. The molecule has 0 atom stereocenters. The lowest BCUT2D eigenvalue weighted by Gasteiger charge is -2.31. The van der Waals surface area contributed by atoms with Gasteiger partial charge in [-0.25, -0.2) is 0 Å². The van der Waals surface area contributed by atoms with E-state index in [-0.39, 0.29) is 5.91 Å². The summed E-state index contributed by atoms with van der Waals surface area (Å²) in [6.45, 7) is 7.50. The molecule has 3 aromatic rings.